The Kier molecular flexibility index (Phi) is 7.74. The van der Waals surface area contributed by atoms with Crippen molar-refractivity contribution in [3.05, 3.63) is 64.8 Å². The highest BCUT2D eigenvalue weighted by Gasteiger charge is 2.34. The van der Waals surface area contributed by atoms with Gasteiger partial charge in [-0.2, -0.15) is 5.10 Å². The Morgan fingerprint density at radius 1 is 1.16 bits per heavy atom. The van der Waals surface area contributed by atoms with Crippen LogP contribution in [0.25, 0.3) is 11.3 Å². The molecule has 1 aromatic heterocycles. The molecule has 192 valence electrons. The largest absolute Gasteiger partial charge is 0.507 e. The summed E-state index contributed by atoms with van der Waals surface area (Å²) >= 11 is 6.07. The lowest BCUT2D eigenvalue weighted by atomic mass is 10.0. The van der Waals surface area contributed by atoms with Crippen LogP contribution in [0.3, 0.4) is 0 Å². The van der Waals surface area contributed by atoms with E-state index in [1.807, 2.05) is 20.8 Å². The van der Waals surface area contributed by atoms with Gasteiger partial charge in [-0.1, -0.05) is 23.4 Å². The van der Waals surface area contributed by atoms with Gasteiger partial charge < -0.3 is 15.2 Å². The first-order valence-corrected chi connectivity index (χ1v) is 12.4. The lowest BCUT2D eigenvalue weighted by Gasteiger charge is -2.35. The number of phenolic OH excluding ortho intramolecular Hbond substituents is 1. The zero-order chi connectivity index (χ0) is 26.6. The molecule has 1 saturated heterocycles. The van der Waals surface area contributed by atoms with Gasteiger partial charge in [0, 0.05) is 28.4 Å². The summed E-state index contributed by atoms with van der Waals surface area (Å²) in [6, 6.07) is 11.3. The predicted molar refractivity (Wildman–Crippen MR) is 142 cm³/mol. The van der Waals surface area contributed by atoms with Gasteiger partial charge in [0.1, 0.15) is 17.4 Å². The summed E-state index contributed by atoms with van der Waals surface area (Å²) in [5.41, 5.74) is 2.40. The number of phenols is 1. The number of aromatic amines is 1. The summed E-state index contributed by atoms with van der Waals surface area (Å²) in [4.78, 5) is 27.2. The topological polar surface area (TPSA) is 108 Å². The minimum atomic E-state index is -0.627. The van der Waals surface area contributed by atoms with Gasteiger partial charge in [0.05, 0.1) is 17.5 Å². The maximum Gasteiger partial charge on any atom is 0.410 e. The SMILES string of the molecule is CC(C)(C)OC(=O)N1CCCCC1C(=O)Nc1ccc(C#Cc2cn[nH]c2-c2cc(Cl)ccc2O)cc1. The second-order valence-electron chi connectivity index (χ2n) is 9.82. The number of nitrogens with one attached hydrogen (secondary N) is 2. The van der Waals surface area contributed by atoms with Crippen LogP contribution in [0.4, 0.5) is 10.5 Å². The highest BCUT2D eigenvalue weighted by Crippen LogP contribution is 2.32. The highest BCUT2D eigenvalue weighted by atomic mass is 35.5. The zero-order valence-electron chi connectivity index (χ0n) is 21.0. The molecule has 1 fully saturated rings. The number of anilines is 1. The van der Waals surface area contributed by atoms with Crippen molar-refractivity contribution in [1.29, 1.82) is 0 Å². The molecule has 0 aliphatic carbocycles. The van der Waals surface area contributed by atoms with Crippen LogP contribution in [0.5, 0.6) is 5.75 Å². The summed E-state index contributed by atoms with van der Waals surface area (Å²) in [5.74, 6) is 5.96. The highest BCUT2D eigenvalue weighted by molar-refractivity contribution is 6.31. The Morgan fingerprint density at radius 2 is 1.92 bits per heavy atom. The number of benzene rings is 2. The van der Waals surface area contributed by atoms with Gasteiger partial charge in [-0.25, -0.2) is 4.79 Å². The van der Waals surface area contributed by atoms with Crippen LogP contribution in [0.1, 0.15) is 51.2 Å². The van der Waals surface area contributed by atoms with Crippen LogP contribution in [-0.2, 0) is 9.53 Å². The molecule has 9 heteroatoms. The summed E-state index contributed by atoms with van der Waals surface area (Å²) in [7, 11) is 0. The number of ether oxygens (including phenoxy) is 1. The summed E-state index contributed by atoms with van der Waals surface area (Å²) in [6.07, 6.45) is 3.41. The number of carbonyl (C=O) groups excluding carboxylic acids is 2. The maximum atomic E-state index is 13.0. The van der Waals surface area contributed by atoms with Crippen LogP contribution < -0.4 is 5.32 Å². The number of hydrogen-bond acceptors (Lipinski definition) is 5. The van der Waals surface area contributed by atoms with Crippen LogP contribution in [-0.4, -0.2) is 50.4 Å². The smallest absolute Gasteiger partial charge is 0.410 e. The molecule has 2 heterocycles. The zero-order valence-corrected chi connectivity index (χ0v) is 21.7. The third-order valence-corrected chi connectivity index (χ3v) is 6.03. The molecular formula is C28H29ClN4O4. The summed E-state index contributed by atoms with van der Waals surface area (Å²) in [5, 5.41) is 20.5. The first kappa shape index (κ1) is 26.1. The first-order valence-electron chi connectivity index (χ1n) is 12.1. The van der Waals surface area contributed by atoms with Gasteiger partial charge >= 0.3 is 6.09 Å². The number of H-pyrrole nitrogens is 1. The average Bonchev–Trinajstić information content (AvgIpc) is 3.32. The van der Waals surface area contributed by atoms with Gasteiger partial charge in [-0.05, 0) is 82.5 Å². The van der Waals surface area contributed by atoms with E-state index >= 15 is 0 Å². The van der Waals surface area contributed by atoms with Crippen molar-refractivity contribution in [2.24, 2.45) is 0 Å². The van der Waals surface area contributed by atoms with Crippen molar-refractivity contribution < 1.29 is 19.4 Å². The molecular weight excluding hydrogens is 492 g/mol. The third-order valence-electron chi connectivity index (χ3n) is 5.79. The van der Waals surface area contributed by atoms with Gasteiger partial charge in [-0.3, -0.25) is 14.8 Å². The Hall–Kier alpha value is -3.96. The monoisotopic (exact) mass is 520 g/mol. The number of piperidine rings is 1. The average molecular weight is 521 g/mol. The third kappa shape index (κ3) is 6.63. The van der Waals surface area contributed by atoms with Gasteiger partial charge in [0.2, 0.25) is 5.91 Å². The van der Waals surface area contributed by atoms with Gasteiger partial charge in [0.15, 0.2) is 0 Å². The van der Waals surface area contributed by atoms with Crippen LogP contribution in [0.2, 0.25) is 5.02 Å². The standard InChI is InChI=1S/C28H29ClN4O4/c1-28(2,3)37-27(36)33-15-5-4-6-23(33)26(35)31-21-12-8-18(9-13-21)7-10-19-17-30-32-25(19)22-16-20(29)11-14-24(22)34/h8-9,11-14,16-17,23,34H,4-6,15H2,1-3H3,(H,30,32)(H,31,35). The van der Waals surface area contributed by atoms with E-state index in [0.717, 1.165) is 18.4 Å². The fourth-order valence-electron chi connectivity index (χ4n) is 4.04. The fraction of sp³-hybridized carbons (Fsp3) is 0.321. The second-order valence-corrected chi connectivity index (χ2v) is 10.3. The summed E-state index contributed by atoms with van der Waals surface area (Å²) < 4.78 is 5.49. The van der Waals surface area contributed by atoms with E-state index in [0.29, 0.717) is 40.5 Å². The lowest BCUT2D eigenvalue weighted by Crippen LogP contribution is -2.51. The molecule has 0 spiro atoms. The Morgan fingerprint density at radius 3 is 2.65 bits per heavy atom. The molecule has 3 N–H and O–H groups in total. The van der Waals surface area contributed by atoms with Crippen molar-refractivity contribution in [2.45, 2.75) is 51.7 Å². The summed E-state index contributed by atoms with van der Waals surface area (Å²) in [6.45, 7) is 5.92. The molecule has 2 amide bonds. The first-order chi connectivity index (χ1) is 17.6. The van der Waals surface area contributed by atoms with Gasteiger partial charge in [-0.15, -0.1) is 0 Å². The van der Waals surface area contributed by atoms with Crippen LogP contribution in [0, 0.1) is 11.8 Å². The maximum absolute atomic E-state index is 13.0. The number of amides is 2. The lowest BCUT2D eigenvalue weighted by molar-refractivity contribution is -0.122. The molecule has 37 heavy (non-hydrogen) atoms. The number of nitrogens with zero attached hydrogens (tertiary/aromatic N) is 2. The normalized spacial score (nSPS) is 15.5. The minimum Gasteiger partial charge on any atom is -0.507 e. The fourth-order valence-corrected chi connectivity index (χ4v) is 4.21. The molecule has 1 unspecified atom stereocenters. The van der Waals surface area contributed by atoms with E-state index in [-0.39, 0.29) is 11.7 Å². The molecule has 0 bridgehead atoms. The molecule has 4 rings (SSSR count). The Labute approximate surface area is 221 Å². The number of hydrogen-bond donors (Lipinski definition) is 3. The Balaban J connectivity index is 1.44. The van der Waals surface area contributed by atoms with Crippen molar-refractivity contribution in [3.8, 4) is 28.8 Å². The Bertz CT molecular complexity index is 1350. The van der Waals surface area contributed by atoms with E-state index in [9.17, 15) is 14.7 Å². The van der Waals surface area contributed by atoms with Crippen molar-refractivity contribution >= 4 is 29.3 Å². The molecule has 3 aromatic rings. The second kappa shape index (κ2) is 11.0. The molecule has 0 saturated carbocycles. The number of likely N-dealkylation sites (tertiary alicyclic amines) is 1. The van der Waals surface area contributed by atoms with Crippen molar-refractivity contribution in [1.82, 2.24) is 15.1 Å². The molecule has 1 aliphatic heterocycles. The number of halogens is 1. The van der Waals surface area contributed by atoms with Crippen LogP contribution in [0.15, 0.2) is 48.7 Å². The number of rotatable bonds is 3. The molecule has 2 aromatic carbocycles. The number of carbonyl (C=O) groups is 2. The van der Waals surface area contributed by atoms with Crippen molar-refractivity contribution in [3.63, 3.8) is 0 Å². The number of aromatic hydroxyl groups is 1. The number of aromatic nitrogens is 2. The van der Waals surface area contributed by atoms with Gasteiger partial charge in [0.25, 0.3) is 0 Å². The quantitative estimate of drug-likeness (QED) is 0.392. The molecule has 1 atom stereocenters. The predicted octanol–water partition coefficient (Wildman–Crippen LogP) is 5.56. The van der Waals surface area contributed by atoms with E-state index in [4.69, 9.17) is 16.3 Å². The van der Waals surface area contributed by atoms with Crippen LogP contribution >= 0.6 is 11.6 Å². The molecule has 1 aliphatic rings. The molecule has 8 nitrogen and oxygen atoms in total. The van der Waals surface area contributed by atoms with E-state index in [1.54, 1.807) is 42.6 Å². The molecule has 0 radical (unpaired) electrons. The van der Waals surface area contributed by atoms with E-state index in [2.05, 4.69) is 27.4 Å². The minimum absolute atomic E-state index is 0.0694. The van der Waals surface area contributed by atoms with E-state index < -0.39 is 17.7 Å². The van der Waals surface area contributed by atoms with Crippen molar-refractivity contribution in [2.75, 3.05) is 11.9 Å². The van der Waals surface area contributed by atoms with E-state index in [1.165, 1.54) is 11.0 Å².